The number of anilines is 1. The first kappa shape index (κ1) is 13.0. The number of nitrogens with two attached hydrogens (primary N) is 1. The number of ether oxygens (including phenoxy) is 1. The molecule has 0 fully saturated rings. The molecule has 0 saturated carbocycles. The lowest BCUT2D eigenvalue weighted by molar-refractivity contribution is 0.0635. The summed E-state index contributed by atoms with van der Waals surface area (Å²) in [6.07, 6.45) is -0.633. The molecule has 0 saturated heterocycles. The molecule has 0 unspecified atom stereocenters. The fourth-order valence-corrected chi connectivity index (χ4v) is 1.17. The van der Waals surface area contributed by atoms with Gasteiger partial charge in [0.15, 0.2) is 5.82 Å². The van der Waals surface area contributed by atoms with E-state index in [1.165, 1.54) is 10.7 Å². The van der Waals surface area contributed by atoms with Crippen molar-refractivity contribution >= 4 is 17.8 Å². The van der Waals surface area contributed by atoms with Crippen molar-refractivity contribution in [1.29, 1.82) is 0 Å². The number of carbonyl (C=O) groups is 2. The van der Waals surface area contributed by atoms with Crippen molar-refractivity contribution in [3.63, 3.8) is 0 Å². The fraction of sp³-hybridized carbons (Fsp3) is 0.500. The summed E-state index contributed by atoms with van der Waals surface area (Å²) < 4.78 is 6.32. The van der Waals surface area contributed by atoms with Crippen LogP contribution in [0.4, 0.5) is 10.6 Å². The molecule has 1 heterocycles. The number of aryl methyl sites for hydroxylation is 1. The Kier molecular flexibility index (Phi) is 3.40. The number of hydrogen-bond donors (Lipinski definition) is 2. The zero-order valence-corrected chi connectivity index (χ0v) is 10.3. The summed E-state index contributed by atoms with van der Waals surface area (Å²) in [5.74, 6) is -0.396. The lowest BCUT2D eigenvalue weighted by Gasteiger charge is -2.18. The predicted molar refractivity (Wildman–Crippen MR) is 61.6 cm³/mol. The van der Waals surface area contributed by atoms with Crippen LogP contribution in [0.1, 0.15) is 31.3 Å². The molecule has 1 rings (SSSR count). The van der Waals surface area contributed by atoms with Crippen molar-refractivity contribution in [2.45, 2.75) is 26.4 Å². The monoisotopic (exact) mass is 240 g/mol. The van der Waals surface area contributed by atoms with Crippen molar-refractivity contribution in [1.82, 2.24) is 9.78 Å². The van der Waals surface area contributed by atoms with Crippen molar-refractivity contribution in [3.8, 4) is 0 Å². The van der Waals surface area contributed by atoms with E-state index in [1.807, 2.05) is 0 Å². The zero-order chi connectivity index (χ0) is 13.2. The van der Waals surface area contributed by atoms with E-state index in [2.05, 4.69) is 10.4 Å². The first-order chi connectivity index (χ1) is 7.69. The highest BCUT2D eigenvalue weighted by molar-refractivity contribution is 5.93. The topological polar surface area (TPSA) is 99.2 Å². The largest absolute Gasteiger partial charge is 0.444 e. The third-order valence-electron chi connectivity index (χ3n) is 1.76. The number of nitrogens with one attached hydrogen (secondary N) is 1. The Morgan fingerprint density at radius 3 is 2.47 bits per heavy atom. The number of amides is 2. The van der Waals surface area contributed by atoms with Crippen LogP contribution in [0.2, 0.25) is 0 Å². The molecule has 1 aromatic heterocycles. The van der Waals surface area contributed by atoms with Crippen LogP contribution in [0.25, 0.3) is 0 Å². The summed E-state index contributed by atoms with van der Waals surface area (Å²) in [4.78, 5) is 22.4. The van der Waals surface area contributed by atoms with Gasteiger partial charge < -0.3 is 10.5 Å². The summed E-state index contributed by atoms with van der Waals surface area (Å²) in [6.45, 7) is 5.25. The summed E-state index contributed by atoms with van der Waals surface area (Å²) in [6, 6.07) is 1.38. The molecule has 7 nitrogen and oxygen atoms in total. The van der Waals surface area contributed by atoms with Gasteiger partial charge in [0.05, 0.1) is 0 Å². The molecule has 17 heavy (non-hydrogen) atoms. The highest BCUT2D eigenvalue weighted by Gasteiger charge is 2.18. The van der Waals surface area contributed by atoms with Gasteiger partial charge in [-0.25, -0.2) is 4.79 Å². The van der Waals surface area contributed by atoms with E-state index in [0.29, 0.717) is 0 Å². The molecule has 2 amide bonds. The predicted octanol–water partition coefficient (Wildman–Crippen LogP) is 0.866. The zero-order valence-electron chi connectivity index (χ0n) is 10.3. The standard InChI is InChI=1S/C10H16N4O3/c1-10(2,3)17-9(16)12-7-5-6(8(11)15)14(4)13-7/h5H,1-4H3,(H2,11,15)(H,12,13,16). The second kappa shape index (κ2) is 4.44. The Balaban J connectivity index is 2.73. The van der Waals surface area contributed by atoms with E-state index in [-0.39, 0.29) is 11.5 Å². The summed E-state index contributed by atoms with van der Waals surface area (Å²) in [7, 11) is 1.56. The summed E-state index contributed by atoms with van der Waals surface area (Å²) in [5, 5.41) is 6.32. The number of carbonyl (C=O) groups excluding carboxylic acids is 2. The molecule has 0 atom stereocenters. The van der Waals surface area contributed by atoms with Crippen LogP contribution in [-0.4, -0.2) is 27.4 Å². The second-order valence-corrected chi connectivity index (χ2v) is 4.53. The van der Waals surface area contributed by atoms with Crippen LogP contribution in [0.5, 0.6) is 0 Å². The molecule has 0 aliphatic carbocycles. The Morgan fingerprint density at radius 2 is 2.06 bits per heavy atom. The van der Waals surface area contributed by atoms with Crippen LogP contribution in [0, 0.1) is 0 Å². The van der Waals surface area contributed by atoms with Crippen molar-refractivity contribution in [3.05, 3.63) is 11.8 Å². The minimum Gasteiger partial charge on any atom is -0.444 e. The maximum absolute atomic E-state index is 11.4. The number of primary amides is 1. The maximum atomic E-state index is 11.4. The molecule has 7 heteroatoms. The summed E-state index contributed by atoms with van der Waals surface area (Å²) in [5.41, 5.74) is 4.73. The Labute approximate surface area is 98.9 Å². The third kappa shape index (κ3) is 3.78. The average Bonchev–Trinajstić information content (AvgIpc) is 2.42. The van der Waals surface area contributed by atoms with Crippen LogP contribution in [0.15, 0.2) is 6.07 Å². The molecule has 3 N–H and O–H groups in total. The Hall–Kier alpha value is -2.05. The van der Waals surface area contributed by atoms with Gasteiger partial charge in [-0.15, -0.1) is 0 Å². The number of rotatable bonds is 2. The highest BCUT2D eigenvalue weighted by Crippen LogP contribution is 2.11. The lowest BCUT2D eigenvalue weighted by Crippen LogP contribution is -2.27. The van der Waals surface area contributed by atoms with E-state index in [4.69, 9.17) is 10.5 Å². The van der Waals surface area contributed by atoms with Crippen molar-refractivity contribution < 1.29 is 14.3 Å². The minimum atomic E-state index is -0.633. The molecule has 1 aromatic rings. The van der Waals surface area contributed by atoms with Gasteiger partial charge >= 0.3 is 6.09 Å². The second-order valence-electron chi connectivity index (χ2n) is 4.53. The van der Waals surface area contributed by atoms with Crippen LogP contribution in [0.3, 0.4) is 0 Å². The van der Waals surface area contributed by atoms with Crippen molar-refractivity contribution in [2.75, 3.05) is 5.32 Å². The molecule has 0 spiro atoms. The van der Waals surface area contributed by atoms with Gasteiger partial charge in [0.1, 0.15) is 11.3 Å². The lowest BCUT2D eigenvalue weighted by atomic mass is 10.2. The first-order valence-electron chi connectivity index (χ1n) is 5.03. The molecule has 0 aliphatic heterocycles. The molecule has 0 aromatic carbocycles. The SMILES string of the molecule is Cn1nc(NC(=O)OC(C)(C)C)cc1C(N)=O. The Morgan fingerprint density at radius 1 is 1.47 bits per heavy atom. The number of nitrogens with zero attached hydrogens (tertiary/aromatic N) is 2. The van der Waals surface area contributed by atoms with Gasteiger partial charge in [-0.1, -0.05) is 0 Å². The highest BCUT2D eigenvalue weighted by atomic mass is 16.6. The van der Waals surface area contributed by atoms with Crippen molar-refractivity contribution in [2.24, 2.45) is 12.8 Å². The van der Waals surface area contributed by atoms with E-state index in [0.717, 1.165) is 0 Å². The number of aromatic nitrogens is 2. The molecule has 94 valence electrons. The van der Waals surface area contributed by atoms with Crippen LogP contribution >= 0.6 is 0 Å². The Bertz CT molecular complexity index is 445. The van der Waals surface area contributed by atoms with E-state index >= 15 is 0 Å². The van der Waals surface area contributed by atoms with Crippen LogP contribution < -0.4 is 11.1 Å². The first-order valence-corrected chi connectivity index (χ1v) is 5.03. The molecule has 0 aliphatic rings. The van der Waals surface area contributed by atoms with Gasteiger partial charge in [0, 0.05) is 13.1 Å². The fourth-order valence-electron chi connectivity index (χ4n) is 1.17. The van der Waals surface area contributed by atoms with E-state index in [1.54, 1.807) is 27.8 Å². The van der Waals surface area contributed by atoms with Gasteiger partial charge in [-0.3, -0.25) is 14.8 Å². The van der Waals surface area contributed by atoms with E-state index in [9.17, 15) is 9.59 Å². The van der Waals surface area contributed by atoms with Gasteiger partial charge in [-0.2, -0.15) is 5.10 Å². The molecule has 0 bridgehead atoms. The maximum Gasteiger partial charge on any atom is 0.413 e. The minimum absolute atomic E-state index is 0.205. The van der Waals surface area contributed by atoms with Gasteiger partial charge in [-0.05, 0) is 20.8 Å². The molecular weight excluding hydrogens is 224 g/mol. The van der Waals surface area contributed by atoms with Crippen LogP contribution in [-0.2, 0) is 11.8 Å². The quantitative estimate of drug-likeness (QED) is 0.800. The van der Waals surface area contributed by atoms with Gasteiger partial charge in [0.25, 0.3) is 5.91 Å². The van der Waals surface area contributed by atoms with E-state index < -0.39 is 17.6 Å². The average molecular weight is 240 g/mol. The summed E-state index contributed by atoms with van der Waals surface area (Å²) >= 11 is 0. The smallest absolute Gasteiger partial charge is 0.413 e. The normalized spacial score (nSPS) is 11.1. The molecular formula is C10H16N4O3. The van der Waals surface area contributed by atoms with Gasteiger partial charge in [0.2, 0.25) is 0 Å². The number of hydrogen-bond acceptors (Lipinski definition) is 4. The third-order valence-corrected chi connectivity index (χ3v) is 1.76. The molecule has 0 radical (unpaired) electrons.